The Morgan fingerprint density at radius 1 is 1.44 bits per heavy atom. The lowest BCUT2D eigenvalue weighted by molar-refractivity contribution is -0.143. The van der Waals surface area contributed by atoms with Crippen molar-refractivity contribution in [2.45, 2.75) is 32.7 Å². The van der Waals surface area contributed by atoms with Gasteiger partial charge in [-0.2, -0.15) is 0 Å². The molecule has 2 N–H and O–H groups in total. The quantitative estimate of drug-likeness (QED) is 0.738. The number of amides is 1. The number of hydrogen-bond acceptors (Lipinski definition) is 4. The van der Waals surface area contributed by atoms with E-state index in [1.807, 2.05) is 6.92 Å². The molecule has 1 fully saturated rings. The van der Waals surface area contributed by atoms with Crippen LogP contribution in [0.2, 0.25) is 0 Å². The fourth-order valence-electron chi connectivity index (χ4n) is 1.96. The van der Waals surface area contributed by atoms with Gasteiger partial charge in [-0.15, -0.1) is 0 Å². The number of carboxylic acid groups (broad SMARTS) is 1. The number of carboxylic acids is 1. The van der Waals surface area contributed by atoms with Crippen LogP contribution in [0.5, 0.6) is 0 Å². The molecular weight excluding hydrogens is 258 g/mol. The smallest absolute Gasteiger partial charge is 0.326 e. The van der Waals surface area contributed by atoms with E-state index in [0.717, 1.165) is 0 Å². The van der Waals surface area contributed by atoms with Crippen molar-refractivity contribution in [2.75, 3.05) is 11.5 Å². The van der Waals surface area contributed by atoms with Crippen molar-refractivity contribution in [3.63, 3.8) is 0 Å². The summed E-state index contributed by atoms with van der Waals surface area (Å²) in [4.78, 5) is 22.9. The molecule has 0 aromatic carbocycles. The SMILES string of the molecule is CCC(C)C(NC(=O)C1CCS(=O)(=O)C1)C(=O)O. The lowest BCUT2D eigenvalue weighted by Gasteiger charge is -2.21. The Morgan fingerprint density at radius 2 is 2.06 bits per heavy atom. The molecule has 6 nitrogen and oxygen atoms in total. The van der Waals surface area contributed by atoms with Gasteiger partial charge in [-0.25, -0.2) is 13.2 Å². The molecule has 0 aromatic heterocycles. The molecule has 1 amide bonds. The first-order valence-electron chi connectivity index (χ1n) is 6.00. The third-order valence-electron chi connectivity index (χ3n) is 3.38. The van der Waals surface area contributed by atoms with Gasteiger partial charge >= 0.3 is 5.97 Å². The van der Waals surface area contributed by atoms with Gasteiger partial charge in [0.05, 0.1) is 17.4 Å². The van der Waals surface area contributed by atoms with Gasteiger partial charge in [0.1, 0.15) is 6.04 Å². The predicted octanol–water partition coefficient (Wildman–Crippen LogP) is 0.0366. The highest BCUT2D eigenvalue weighted by atomic mass is 32.2. The maximum Gasteiger partial charge on any atom is 0.326 e. The van der Waals surface area contributed by atoms with Gasteiger partial charge in [0.25, 0.3) is 0 Å². The summed E-state index contributed by atoms with van der Waals surface area (Å²) in [6.45, 7) is 3.58. The first-order valence-corrected chi connectivity index (χ1v) is 7.82. The van der Waals surface area contributed by atoms with E-state index in [1.165, 1.54) is 0 Å². The molecule has 0 radical (unpaired) electrons. The largest absolute Gasteiger partial charge is 0.480 e. The van der Waals surface area contributed by atoms with Crippen molar-refractivity contribution in [1.82, 2.24) is 5.32 Å². The Balaban J connectivity index is 2.65. The van der Waals surface area contributed by atoms with Crippen LogP contribution < -0.4 is 5.32 Å². The van der Waals surface area contributed by atoms with Crippen molar-refractivity contribution in [1.29, 1.82) is 0 Å². The lowest BCUT2D eigenvalue weighted by Crippen LogP contribution is -2.47. The van der Waals surface area contributed by atoms with E-state index in [-0.39, 0.29) is 23.8 Å². The molecule has 7 heteroatoms. The van der Waals surface area contributed by atoms with E-state index >= 15 is 0 Å². The molecule has 1 heterocycles. The zero-order chi connectivity index (χ0) is 13.9. The van der Waals surface area contributed by atoms with Crippen LogP contribution in [0.3, 0.4) is 0 Å². The van der Waals surface area contributed by atoms with Crippen LogP contribution in [0, 0.1) is 11.8 Å². The van der Waals surface area contributed by atoms with Gasteiger partial charge in [-0.1, -0.05) is 20.3 Å². The standard InChI is InChI=1S/C11H19NO5S/c1-3-7(2)9(11(14)15)12-10(13)8-4-5-18(16,17)6-8/h7-9H,3-6H2,1-2H3,(H,12,13)(H,14,15). The molecule has 0 bridgehead atoms. The summed E-state index contributed by atoms with van der Waals surface area (Å²) < 4.78 is 22.5. The molecule has 0 aromatic rings. The minimum Gasteiger partial charge on any atom is -0.480 e. The summed E-state index contributed by atoms with van der Waals surface area (Å²) in [5, 5.41) is 11.5. The highest BCUT2D eigenvalue weighted by Crippen LogP contribution is 2.19. The summed E-state index contributed by atoms with van der Waals surface area (Å²) in [6.07, 6.45) is 0.904. The molecule has 1 rings (SSSR count). The van der Waals surface area contributed by atoms with E-state index in [4.69, 9.17) is 5.11 Å². The molecule has 0 aliphatic carbocycles. The fraction of sp³-hybridized carbons (Fsp3) is 0.818. The van der Waals surface area contributed by atoms with E-state index < -0.39 is 33.7 Å². The van der Waals surface area contributed by atoms with Crippen molar-refractivity contribution in [2.24, 2.45) is 11.8 Å². The maximum absolute atomic E-state index is 11.8. The Hall–Kier alpha value is -1.11. The molecule has 0 spiro atoms. The van der Waals surface area contributed by atoms with Crippen LogP contribution in [-0.4, -0.2) is 42.9 Å². The van der Waals surface area contributed by atoms with Gasteiger partial charge in [0, 0.05) is 0 Å². The monoisotopic (exact) mass is 277 g/mol. The van der Waals surface area contributed by atoms with Gasteiger partial charge in [-0.3, -0.25) is 4.79 Å². The number of nitrogens with one attached hydrogen (secondary N) is 1. The third kappa shape index (κ3) is 3.69. The zero-order valence-electron chi connectivity index (χ0n) is 10.5. The van der Waals surface area contributed by atoms with Gasteiger partial charge < -0.3 is 10.4 Å². The number of carbonyl (C=O) groups excluding carboxylic acids is 1. The summed E-state index contributed by atoms with van der Waals surface area (Å²) in [5.41, 5.74) is 0. The topological polar surface area (TPSA) is 101 Å². The van der Waals surface area contributed by atoms with Crippen molar-refractivity contribution in [3.8, 4) is 0 Å². The average molecular weight is 277 g/mol. The van der Waals surface area contributed by atoms with Crippen LogP contribution in [0.25, 0.3) is 0 Å². The Morgan fingerprint density at radius 3 is 2.44 bits per heavy atom. The molecule has 1 saturated heterocycles. The zero-order valence-corrected chi connectivity index (χ0v) is 11.4. The van der Waals surface area contributed by atoms with E-state index in [1.54, 1.807) is 6.92 Å². The second-order valence-corrected chi connectivity index (χ2v) is 7.04. The molecule has 104 valence electrons. The highest BCUT2D eigenvalue weighted by molar-refractivity contribution is 7.91. The number of hydrogen-bond donors (Lipinski definition) is 2. The molecule has 0 saturated carbocycles. The van der Waals surface area contributed by atoms with E-state index in [2.05, 4.69) is 5.32 Å². The Labute approximate surface area is 107 Å². The highest BCUT2D eigenvalue weighted by Gasteiger charge is 2.35. The first kappa shape index (κ1) is 14.9. The number of sulfone groups is 1. The van der Waals surface area contributed by atoms with Crippen molar-refractivity contribution < 1.29 is 23.1 Å². The number of aliphatic carboxylic acids is 1. The minimum absolute atomic E-state index is 0.00611. The van der Waals surface area contributed by atoms with Crippen molar-refractivity contribution >= 4 is 21.7 Å². The lowest BCUT2D eigenvalue weighted by atomic mass is 9.98. The summed E-state index contributed by atoms with van der Waals surface area (Å²) in [6, 6.07) is -0.953. The molecule has 1 aliphatic heterocycles. The summed E-state index contributed by atoms with van der Waals surface area (Å²) >= 11 is 0. The van der Waals surface area contributed by atoms with E-state index in [9.17, 15) is 18.0 Å². The normalized spacial score (nSPS) is 25.3. The van der Waals surface area contributed by atoms with E-state index in [0.29, 0.717) is 6.42 Å². The number of carbonyl (C=O) groups is 2. The predicted molar refractivity (Wildman–Crippen MR) is 65.8 cm³/mol. The molecule has 1 aliphatic rings. The second-order valence-electron chi connectivity index (χ2n) is 4.81. The average Bonchev–Trinajstić information content (AvgIpc) is 2.64. The van der Waals surface area contributed by atoms with Crippen LogP contribution in [0.15, 0.2) is 0 Å². The van der Waals surface area contributed by atoms with Crippen molar-refractivity contribution in [3.05, 3.63) is 0 Å². The van der Waals surface area contributed by atoms with Crippen LogP contribution >= 0.6 is 0 Å². The molecule has 3 unspecified atom stereocenters. The molecule has 18 heavy (non-hydrogen) atoms. The Bertz CT molecular complexity index is 431. The minimum atomic E-state index is -3.13. The Kier molecular flexibility index (Phi) is 4.72. The van der Waals surface area contributed by atoms with Crippen LogP contribution in [-0.2, 0) is 19.4 Å². The van der Waals surface area contributed by atoms with Gasteiger partial charge in [0.2, 0.25) is 5.91 Å². The molecular formula is C11H19NO5S. The molecule has 3 atom stereocenters. The van der Waals surface area contributed by atoms with Crippen LogP contribution in [0.4, 0.5) is 0 Å². The third-order valence-corrected chi connectivity index (χ3v) is 5.15. The second kappa shape index (κ2) is 5.69. The number of rotatable bonds is 5. The summed E-state index contributed by atoms with van der Waals surface area (Å²) in [7, 11) is -3.13. The maximum atomic E-state index is 11.8. The van der Waals surface area contributed by atoms with Gasteiger partial charge in [0.15, 0.2) is 9.84 Å². The summed E-state index contributed by atoms with van der Waals surface area (Å²) in [5.74, 6) is -2.52. The fourth-order valence-corrected chi connectivity index (χ4v) is 3.70. The van der Waals surface area contributed by atoms with Crippen LogP contribution in [0.1, 0.15) is 26.7 Å². The van der Waals surface area contributed by atoms with Gasteiger partial charge in [-0.05, 0) is 12.3 Å². The first-order chi connectivity index (χ1) is 8.26.